The highest BCUT2D eigenvalue weighted by Gasteiger charge is 2.37. The Hall–Kier alpha value is -10.0. The van der Waals surface area contributed by atoms with Gasteiger partial charge in [0, 0.05) is 37.7 Å². The second-order valence-electron chi connectivity index (χ2n) is 20.1. The molecule has 36 heteroatoms. The van der Waals surface area contributed by atoms with Crippen molar-refractivity contribution in [3.63, 3.8) is 0 Å². The van der Waals surface area contributed by atoms with Crippen LogP contribution in [0.1, 0.15) is 61.8 Å². The highest BCUT2D eigenvalue weighted by Crippen LogP contribution is 2.15. The molecule has 1 aromatic heterocycles. The lowest BCUT2D eigenvalue weighted by Gasteiger charge is -2.27. The van der Waals surface area contributed by atoms with Crippen molar-refractivity contribution in [3.05, 3.63) is 77.9 Å². The van der Waals surface area contributed by atoms with Crippen molar-refractivity contribution in [2.24, 2.45) is 33.7 Å². The molecule has 89 heavy (non-hydrogen) atoms. The van der Waals surface area contributed by atoms with E-state index >= 15 is 0 Å². The van der Waals surface area contributed by atoms with Crippen molar-refractivity contribution in [2.75, 3.05) is 32.9 Å². The number of aromatic hydroxyl groups is 2. The number of benzene rings is 2. The summed E-state index contributed by atoms with van der Waals surface area (Å²) in [5.74, 6) is -15.7. The smallest absolute Gasteiger partial charge is 0.326 e. The van der Waals surface area contributed by atoms with Crippen molar-refractivity contribution in [1.29, 1.82) is 0 Å². The maximum atomic E-state index is 14.2. The number of phenols is 2. The lowest BCUT2D eigenvalue weighted by atomic mass is 10.0. The average Bonchev–Trinajstić information content (AvgIpc) is 2.77. The number of hydrogen-bond donors (Lipinski definition) is 22. The number of phenolic OH excluding ortho intramolecular Hbond substituents is 2. The van der Waals surface area contributed by atoms with Gasteiger partial charge in [0.25, 0.3) is 0 Å². The Bertz CT molecular complexity index is 2910. The van der Waals surface area contributed by atoms with Gasteiger partial charge in [0.15, 0.2) is 5.96 Å². The van der Waals surface area contributed by atoms with Gasteiger partial charge in [-0.3, -0.25) is 57.7 Å². The third-order valence-corrected chi connectivity index (χ3v) is 13.0. The van der Waals surface area contributed by atoms with E-state index in [4.69, 9.17) is 28.7 Å². The molecule has 1 heterocycles. The van der Waals surface area contributed by atoms with Crippen LogP contribution in [0.15, 0.2) is 66.0 Å². The van der Waals surface area contributed by atoms with E-state index < -0.39 is 177 Å². The zero-order valence-electron chi connectivity index (χ0n) is 48.0. The number of carbonyl (C=O) groups excluding carboxylic acids is 10. The summed E-state index contributed by atoms with van der Waals surface area (Å²) in [6, 6.07) is -7.14. The monoisotopic (exact) mass is 1260 g/mol. The maximum Gasteiger partial charge on any atom is 0.326 e. The summed E-state index contributed by atoms with van der Waals surface area (Å²) >= 11 is 0. The standard InChI is InChI=1S/C53H77N17O19/c54-14-2-1-4-31(55)43(79)63-35(19-41(56)76)47(83)69-40(24-73)51(87)65-34(18-28-21-59-25-61-28)46(82)68-39(23-72)50(86)64-33(16-26-6-10-29(74)11-7-26)45(81)66-36(20-42(77)78)48(84)70-38(22-71)49(85)62-32(5-3-15-60-53(57)58)44(80)67-37(52(88)89)17-27-8-12-30(75)13-9-27/h6-13,21,25,31-40,71-75H,1-5,14-20,22-24,54-55H2,(H2,56,76)(H,59,61)(H,62,85)(H,63,79)(H,64,86)(H,65,87)(H,66,81)(H,67,80)(H,68,82)(H,69,83)(H,70,84)(H,77,78)(H,88,89)(H4,57,58,60)/t31-,32-,33-,34-,35-,36-,37-,38-,39-,40-/m0/s1. The first-order chi connectivity index (χ1) is 42.2. The Kier molecular flexibility index (Phi) is 30.9. The van der Waals surface area contributed by atoms with E-state index in [-0.39, 0.29) is 60.9 Å². The van der Waals surface area contributed by atoms with Gasteiger partial charge < -0.3 is 117 Å². The molecular formula is C53H77N17O19. The predicted molar refractivity (Wildman–Crippen MR) is 309 cm³/mol. The summed E-state index contributed by atoms with van der Waals surface area (Å²) in [5.41, 5.74) is 28.3. The molecule has 0 aliphatic carbocycles. The molecule has 0 radical (unpaired) electrons. The van der Waals surface area contributed by atoms with Crippen LogP contribution >= 0.6 is 0 Å². The number of imidazole rings is 1. The number of primary amides is 1. The number of aliphatic hydroxyl groups excluding tert-OH is 3. The number of nitrogens with zero attached hydrogens (tertiary/aromatic N) is 2. The number of nitrogens with two attached hydrogens (primary N) is 5. The highest BCUT2D eigenvalue weighted by molar-refractivity contribution is 6.00. The topological polar surface area (TPSA) is 626 Å². The number of aliphatic imine (C=N–C) groups is 1. The molecular weight excluding hydrogens is 1180 g/mol. The minimum absolute atomic E-state index is 0.00266. The van der Waals surface area contributed by atoms with Gasteiger partial charge in [-0.05, 0) is 67.6 Å². The molecule has 0 saturated carbocycles. The van der Waals surface area contributed by atoms with Crippen molar-refractivity contribution >= 4 is 77.0 Å². The summed E-state index contributed by atoms with van der Waals surface area (Å²) in [6.45, 7) is -3.30. The van der Waals surface area contributed by atoms with E-state index in [9.17, 15) is 93.3 Å². The molecule has 0 aliphatic rings. The fraction of sp³-hybridized carbons (Fsp3) is 0.472. The van der Waals surface area contributed by atoms with Gasteiger partial charge in [-0.15, -0.1) is 0 Å². The molecule has 2 aromatic carbocycles. The van der Waals surface area contributed by atoms with Crippen molar-refractivity contribution in [2.45, 2.75) is 125 Å². The van der Waals surface area contributed by atoms with Crippen LogP contribution in [-0.2, 0) is 76.8 Å². The van der Waals surface area contributed by atoms with Gasteiger partial charge in [-0.1, -0.05) is 30.7 Å². The largest absolute Gasteiger partial charge is 0.508 e. The van der Waals surface area contributed by atoms with Gasteiger partial charge in [0.2, 0.25) is 59.1 Å². The van der Waals surface area contributed by atoms with Crippen LogP contribution in [0.4, 0.5) is 0 Å². The Morgan fingerprint density at radius 3 is 1.30 bits per heavy atom. The molecule has 488 valence electrons. The van der Waals surface area contributed by atoms with Crippen LogP contribution < -0.4 is 76.5 Å². The predicted octanol–water partition coefficient (Wildman–Crippen LogP) is -8.87. The molecule has 10 atom stereocenters. The van der Waals surface area contributed by atoms with Gasteiger partial charge in [-0.2, -0.15) is 0 Å². The number of aliphatic hydroxyl groups is 3. The Morgan fingerprint density at radius 2 is 0.876 bits per heavy atom. The lowest BCUT2D eigenvalue weighted by Crippen LogP contribution is -2.62. The number of carbonyl (C=O) groups is 12. The number of amides is 10. The normalized spacial score (nSPS) is 14.3. The number of guanidine groups is 1. The number of nitrogens with one attached hydrogen (secondary N) is 10. The minimum atomic E-state index is -2.12. The van der Waals surface area contributed by atoms with Gasteiger partial charge in [0.05, 0.1) is 45.0 Å². The van der Waals surface area contributed by atoms with Gasteiger partial charge >= 0.3 is 11.9 Å². The molecule has 0 spiro atoms. The maximum absolute atomic E-state index is 14.2. The zero-order valence-corrected chi connectivity index (χ0v) is 48.0. The number of aromatic amines is 1. The summed E-state index contributed by atoms with van der Waals surface area (Å²) in [5, 5.41) is 90.5. The van der Waals surface area contributed by atoms with Crippen LogP contribution in [0.5, 0.6) is 11.5 Å². The van der Waals surface area contributed by atoms with E-state index in [0.717, 1.165) is 0 Å². The van der Waals surface area contributed by atoms with E-state index in [1.165, 1.54) is 61.1 Å². The molecule has 0 fully saturated rings. The van der Waals surface area contributed by atoms with Crippen molar-refractivity contribution in [3.8, 4) is 11.5 Å². The fourth-order valence-corrected chi connectivity index (χ4v) is 8.22. The minimum Gasteiger partial charge on any atom is -0.508 e. The van der Waals surface area contributed by atoms with Crippen LogP contribution in [0.2, 0.25) is 0 Å². The van der Waals surface area contributed by atoms with Crippen molar-refractivity contribution in [1.82, 2.24) is 57.8 Å². The first kappa shape index (κ1) is 73.2. The molecule has 10 amide bonds. The summed E-state index contributed by atoms with van der Waals surface area (Å²) < 4.78 is 0. The lowest BCUT2D eigenvalue weighted by molar-refractivity contribution is -0.142. The number of hydrogen-bond acceptors (Lipinski definition) is 21. The Labute approximate surface area is 507 Å². The Balaban J connectivity index is 1.87. The first-order valence-corrected chi connectivity index (χ1v) is 27.5. The molecule has 0 bridgehead atoms. The number of aliphatic carboxylic acids is 2. The number of rotatable bonds is 40. The van der Waals surface area contributed by atoms with Crippen molar-refractivity contribution < 1.29 is 93.3 Å². The number of carboxylic acids is 2. The van der Waals surface area contributed by atoms with Crippen LogP contribution in [0, 0.1) is 0 Å². The van der Waals surface area contributed by atoms with Gasteiger partial charge in [-0.25, -0.2) is 9.78 Å². The number of unbranched alkanes of at least 4 members (excludes halogenated alkanes) is 1. The van der Waals surface area contributed by atoms with Crippen LogP contribution in [-0.4, -0.2) is 216 Å². The first-order valence-electron chi connectivity index (χ1n) is 27.5. The molecule has 0 saturated heterocycles. The molecule has 0 aliphatic heterocycles. The second kappa shape index (κ2) is 37.5. The summed E-state index contributed by atoms with van der Waals surface area (Å²) in [6.07, 6.45) is 0.147. The van der Waals surface area contributed by atoms with E-state index in [2.05, 4.69) is 62.8 Å². The zero-order chi connectivity index (χ0) is 66.3. The van der Waals surface area contributed by atoms with E-state index in [1.807, 2.05) is 0 Å². The van der Waals surface area contributed by atoms with E-state index in [0.29, 0.717) is 24.9 Å². The summed E-state index contributed by atoms with van der Waals surface area (Å²) in [7, 11) is 0. The SMILES string of the molecule is NCCCC[C@H](N)C(=O)N[C@@H](CC(N)=O)C(=O)N[C@@H](CO)C(=O)N[C@@H](Cc1cnc[nH]1)C(=O)N[C@@H](CO)C(=O)N[C@@H](Cc1ccc(O)cc1)C(=O)N[C@@H](CC(=O)O)C(=O)N[C@@H](CO)C(=O)N[C@@H](CCCN=C(N)N)C(=O)N[C@@H](Cc1ccc(O)cc1)C(=O)O. The number of carboxylic acid groups (broad SMARTS) is 2. The van der Waals surface area contributed by atoms with E-state index in [1.54, 1.807) is 0 Å². The third kappa shape index (κ3) is 26.2. The van der Waals surface area contributed by atoms with Gasteiger partial charge in [0.1, 0.15) is 65.9 Å². The molecule has 3 rings (SSSR count). The number of aromatic nitrogens is 2. The molecule has 3 aromatic rings. The van der Waals surface area contributed by atoms with Crippen LogP contribution in [0.3, 0.4) is 0 Å². The quantitative estimate of drug-likeness (QED) is 0.0143. The molecule has 36 nitrogen and oxygen atoms in total. The number of H-pyrrole nitrogens is 1. The molecule has 27 N–H and O–H groups in total. The second-order valence-corrected chi connectivity index (χ2v) is 20.1. The third-order valence-electron chi connectivity index (χ3n) is 13.0. The summed E-state index contributed by atoms with van der Waals surface area (Å²) in [4.78, 5) is 170. The van der Waals surface area contributed by atoms with Crippen LogP contribution in [0.25, 0.3) is 0 Å². The Morgan fingerprint density at radius 1 is 0.483 bits per heavy atom. The average molecular weight is 1260 g/mol. The molecule has 0 unspecified atom stereocenters. The highest BCUT2D eigenvalue weighted by atomic mass is 16.4. The fourth-order valence-electron chi connectivity index (χ4n) is 8.22.